The smallest absolute Gasteiger partial charge is 0.0964 e. The van der Waals surface area contributed by atoms with Gasteiger partial charge in [0, 0.05) is 31.2 Å². The Balaban J connectivity index is 1.97. The van der Waals surface area contributed by atoms with E-state index in [-0.39, 0.29) is 6.04 Å². The summed E-state index contributed by atoms with van der Waals surface area (Å²) in [4.78, 5) is 8.89. The third-order valence-electron chi connectivity index (χ3n) is 4.26. The van der Waals surface area contributed by atoms with E-state index >= 15 is 0 Å². The summed E-state index contributed by atoms with van der Waals surface area (Å²) in [6.45, 7) is 2.92. The number of nitrogens with zero attached hydrogens (tertiary/aromatic N) is 3. The van der Waals surface area contributed by atoms with Gasteiger partial charge in [-0.05, 0) is 31.8 Å². The minimum absolute atomic E-state index is 0.125. The van der Waals surface area contributed by atoms with Crippen molar-refractivity contribution in [3.63, 3.8) is 0 Å². The Morgan fingerprint density at radius 3 is 2.90 bits per heavy atom. The summed E-state index contributed by atoms with van der Waals surface area (Å²) in [5, 5.41) is 11.9. The minimum atomic E-state index is -0.490. The lowest BCUT2D eigenvalue weighted by atomic mass is 9.96. The summed E-state index contributed by atoms with van der Waals surface area (Å²) in [5.74, 6) is 0. The van der Waals surface area contributed by atoms with Crippen LogP contribution >= 0.6 is 0 Å². The van der Waals surface area contributed by atoms with E-state index in [2.05, 4.69) is 28.9 Å². The summed E-state index contributed by atoms with van der Waals surface area (Å²) < 4.78 is 0. The molecule has 2 heterocycles. The fraction of sp³-hybridized carbons (Fsp3) is 0.438. The second kappa shape index (κ2) is 5.48. The lowest BCUT2D eigenvalue weighted by molar-refractivity contribution is 0.0145. The van der Waals surface area contributed by atoms with Crippen LogP contribution in [0.3, 0.4) is 0 Å². The third-order valence-corrected chi connectivity index (χ3v) is 4.26. The molecule has 2 atom stereocenters. The van der Waals surface area contributed by atoms with Crippen LogP contribution in [0.25, 0.3) is 10.9 Å². The van der Waals surface area contributed by atoms with E-state index in [4.69, 9.17) is 0 Å². The largest absolute Gasteiger partial charge is 0.387 e. The molecule has 0 aliphatic carbocycles. The number of hydrogen-bond acceptors (Lipinski definition) is 4. The first-order chi connectivity index (χ1) is 9.66. The lowest BCUT2D eigenvalue weighted by Gasteiger charge is -2.40. The van der Waals surface area contributed by atoms with Crippen LogP contribution in [0, 0.1) is 0 Å². The molecule has 0 bridgehead atoms. The lowest BCUT2D eigenvalue weighted by Crippen LogP contribution is -2.52. The van der Waals surface area contributed by atoms with Crippen molar-refractivity contribution < 1.29 is 5.11 Å². The molecule has 1 aliphatic rings. The molecule has 0 spiro atoms. The second-order valence-corrected chi connectivity index (χ2v) is 5.67. The van der Waals surface area contributed by atoms with Gasteiger partial charge in [-0.2, -0.15) is 0 Å². The molecule has 2 aromatic rings. The quantitative estimate of drug-likeness (QED) is 0.899. The maximum absolute atomic E-state index is 10.8. The zero-order valence-corrected chi connectivity index (χ0v) is 12.0. The highest BCUT2D eigenvalue weighted by molar-refractivity contribution is 5.82. The average molecular weight is 271 g/mol. The zero-order valence-electron chi connectivity index (χ0n) is 12.0. The van der Waals surface area contributed by atoms with E-state index in [0.717, 1.165) is 36.1 Å². The molecular weight excluding hydrogens is 250 g/mol. The van der Waals surface area contributed by atoms with Crippen LogP contribution in [-0.2, 0) is 0 Å². The highest BCUT2D eigenvalue weighted by Gasteiger charge is 2.30. The molecule has 106 valence electrons. The second-order valence-electron chi connectivity index (χ2n) is 5.67. The summed E-state index contributed by atoms with van der Waals surface area (Å²) >= 11 is 0. The summed E-state index contributed by atoms with van der Waals surface area (Å²) in [7, 11) is 4.20. The molecule has 1 fully saturated rings. The first kappa shape index (κ1) is 13.5. The molecule has 3 rings (SSSR count). The Morgan fingerprint density at radius 2 is 2.05 bits per heavy atom. The van der Waals surface area contributed by atoms with Gasteiger partial charge in [-0.25, -0.2) is 0 Å². The standard InChI is InChI=1S/C16H21N3O/c1-18-9-10-19(2)15(11-18)16(20)13-5-3-7-14-12(13)6-4-8-17-14/h3-8,15-16,20H,9-11H2,1-2H3. The summed E-state index contributed by atoms with van der Waals surface area (Å²) in [6, 6.07) is 10.1. The molecule has 1 aromatic heterocycles. The molecule has 1 saturated heterocycles. The van der Waals surface area contributed by atoms with Crippen molar-refractivity contribution in [3.05, 3.63) is 42.1 Å². The molecule has 0 radical (unpaired) electrons. The number of aromatic nitrogens is 1. The van der Waals surface area contributed by atoms with E-state index in [0.29, 0.717) is 0 Å². The van der Waals surface area contributed by atoms with Crippen LogP contribution in [0.2, 0.25) is 0 Å². The molecule has 0 saturated carbocycles. The third kappa shape index (κ3) is 2.42. The predicted molar refractivity (Wildman–Crippen MR) is 80.6 cm³/mol. The van der Waals surface area contributed by atoms with Crippen LogP contribution < -0.4 is 0 Å². The summed E-state index contributed by atoms with van der Waals surface area (Å²) in [5.41, 5.74) is 1.92. The van der Waals surface area contributed by atoms with E-state index in [1.165, 1.54) is 0 Å². The van der Waals surface area contributed by atoms with Gasteiger partial charge in [0.05, 0.1) is 17.7 Å². The van der Waals surface area contributed by atoms with Crippen molar-refractivity contribution in [2.75, 3.05) is 33.7 Å². The van der Waals surface area contributed by atoms with Gasteiger partial charge in [0.2, 0.25) is 0 Å². The number of aliphatic hydroxyl groups is 1. The van der Waals surface area contributed by atoms with Crippen molar-refractivity contribution in [1.82, 2.24) is 14.8 Å². The number of aliphatic hydroxyl groups excluding tert-OH is 1. The van der Waals surface area contributed by atoms with Crippen LogP contribution in [0.4, 0.5) is 0 Å². The van der Waals surface area contributed by atoms with Gasteiger partial charge < -0.3 is 10.0 Å². The maximum Gasteiger partial charge on any atom is 0.0964 e. The van der Waals surface area contributed by atoms with Gasteiger partial charge in [0.15, 0.2) is 0 Å². The van der Waals surface area contributed by atoms with E-state index < -0.39 is 6.10 Å². The topological polar surface area (TPSA) is 39.6 Å². The van der Waals surface area contributed by atoms with Crippen molar-refractivity contribution >= 4 is 10.9 Å². The van der Waals surface area contributed by atoms with Crippen LogP contribution in [-0.4, -0.2) is 59.7 Å². The van der Waals surface area contributed by atoms with E-state index in [1.807, 2.05) is 30.3 Å². The molecule has 1 aliphatic heterocycles. The molecule has 1 N–H and O–H groups in total. The minimum Gasteiger partial charge on any atom is -0.387 e. The monoisotopic (exact) mass is 271 g/mol. The van der Waals surface area contributed by atoms with Gasteiger partial charge >= 0.3 is 0 Å². The fourth-order valence-corrected chi connectivity index (χ4v) is 2.98. The zero-order chi connectivity index (χ0) is 14.1. The average Bonchev–Trinajstić information content (AvgIpc) is 2.48. The Kier molecular flexibility index (Phi) is 3.70. The fourth-order valence-electron chi connectivity index (χ4n) is 2.98. The number of rotatable bonds is 2. The highest BCUT2D eigenvalue weighted by Crippen LogP contribution is 2.28. The first-order valence-electron chi connectivity index (χ1n) is 7.07. The van der Waals surface area contributed by atoms with Crippen LogP contribution in [0.15, 0.2) is 36.5 Å². The molecule has 2 unspecified atom stereocenters. The number of piperazine rings is 1. The SMILES string of the molecule is CN1CCN(C)C(C(O)c2cccc3ncccc23)C1. The Hall–Kier alpha value is -1.49. The maximum atomic E-state index is 10.8. The Bertz CT molecular complexity index is 596. The molecule has 4 nitrogen and oxygen atoms in total. The molecule has 0 amide bonds. The Morgan fingerprint density at radius 1 is 1.20 bits per heavy atom. The molecule has 4 heteroatoms. The van der Waals surface area contributed by atoms with Crippen molar-refractivity contribution in [3.8, 4) is 0 Å². The molecular formula is C16H21N3O. The number of fused-ring (bicyclic) bond motifs is 1. The first-order valence-corrected chi connectivity index (χ1v) is 7.07. The van der Waals surface area contributed by atoms with Crippen LogP contribution in [0.5, 0.6) is 0 Å². The normalized spacial score (nSPS) is 23.1. The van der Waals surface area contributed by atoms with E-state index in [9.17, 15) is 5.11 Å². The van der Waals surface area contributed by atoms with Crippen molar-refractivity contribution in [1.29, 1.82) is 0 Å². The molecule has 20 heavy (non-hydrogen) atoms. The van der Waals surface area contributed by atoms with Crippen LogP contribution in [0.1, 0.15) is 11.7 Å². The number of likely N-dealkylation sites (N-methyl/N-ethyl adjacent to an activating group) is 2. The van der Waals surface area contributed by atoms with Crippen molar-refractivity contribution in [2.45, 2.75) is 12.1 Å². The molecule has 1 aromatic carbocycles. The van der Waals surface area contributed by atoms with Gasteiger partial charge in [0.1, 0.15) is 0 Å². The summed E-state index contributed by atoms with van der Waals surface area (Å²) in [6.07, 6.45) is 1.30. The number of benzene rings is 1. The van der Waals surface area contributed by atoms with Gasteiger partial charge in [-0.1, -0.05) is 18.2 Å². The van der Waals surface area contributed by atoms with E-state index in [1.54, 1.807) is 6.20 Å². The Labute approximate surface area is 119 Å². The predicted octanol–water partition coefficient (Wildman–Crippen LogP) is 1.51. The van der Waals surface area contributed by atoms with Gasteiger partial charge in [-0.3, -0.25) is 9.88 Å². The highest BCUT2D eigenvalue weighted by atomic mass is 16.3. The van der Waals surface area contributed by atoms with Crippen molar-refractivity contribution in [2.24, 2.45) is 0 Å². The number of pyridine rings is 1. The van der Waals surface area contributed by atoms with Gasteiger partial charge in [0.25, 0.3) is 0 Å². The number of hydrogen-bond donors (Lipinski definition) is 1. The van der Waals surface area contributed by atoms with Gasteiger partial charge in [-0.15, -0.1) is 0 Å².